The first-order valence-corrected chi connectivity index (χ1v) is 12.9. The smallest absolute Gasteiger partial charge is 0.150 e. The normalized spacial score (nSPS) is 18.2. The number of anilines is 1. The summed E-state index contributed by atoms with van der Waals surface area (Å²) >= 11 is 0. The third-order valence-electron chi connectivity index (χ3n) is 7.67. The van der Waals surface area contributed by atoms with E-state index in [1.54, 1.807) is 6.20 Å². The Morgan fingerprint density at radius 1 is 0.972 bits per heavy atom. The van der Waals surface area contributed by atoms with Crippen molar-refractivity contribution in [1.82, 2.24) is 24.7 Å². The van der Waals surface area contributed by atoms with Crippen molar-refractivity contribution in [3.8, 4) is 22.5 Å². The number of nitrogens with two attached hydrogens (primary N) is 1. The number of hydrogen-bond donors (Lipinski definition) is 2. The molecule has 6 rings (SSSR count). The number of pyridine rings is 1. The molecule has 0 spiro atoms. The summed E-state index contributed by atoms with van der Waals surface area (Å²) in [6.45, 7) is 3.23. The fourth-order valence-corrected chi connectivity index (χ4v) is 5.80. The highest BCUT2D eigenvalue weighted by atomic mass is 15.1. The fourth-order valence-electron chi connectivity index (χ4n) is 5.80. The molecule has 3 N–H and O–H groups in total. The molecule has 6 nitrogen and oxygen atoms in total. The minimum absolute atomic E-state index is 0.423. The van der Waals surface area contributed by atoms with E-state index in [1.807, 2.05) is 31.4 Å². The lowest BCUT2D eigenvalue weighted by Crippen LogP contribution is -2.24. The maximum absolute atomic E-state index is 6.44. The Kier molecular flexibility index (Phi) is 5.89. The van der Waals surface area contributed by atoms with Crippen molar-refractivity contribution in [2.45, 2.75) is 38.5 Å². The van der Waals surface area contributed by atoms with Gasteiger partial charge in [-0.1, -0.05) is 42.5 Å². The van der Waals surface area contributed by atoms with Gasteiger partial charge in [0.15, 0.2) is 0 Å². The predicted molar refractivity (Wildman–Crippen MR) is 147 cm³/mol. The standard InChI is InChI=1S/C30H32N6/c1-19-16-25(21-6-4-3-5-7-21)34-26-17-23(12-13-24(19)26)27-28-29(31)33-14-15-36(28)30(35-27)22-10-8-20(9-11-22)18-32-2/h3-7,12-17,20,22,32H,8-11,18H2,1-2H3,(H2,31,33). The van der Waals surface area contributed by atoms with Crippen molar-refractivity contribution >= 4 is 22.2 Å². The fraction of sp³-hybridized carbons (Fsp3) is 0.300. The minimum atomic E-state index is 0.423. The van der Waals surface area contributed by atoms with E-state index in [0.717, 1.165) is 70.1 Å². The van der Waals surface area contributed by atoms with Gasteiger partial charge in [0, 0.05) is 34.8 Å². The monoisotopic (exact) mass is 476 g/mol. The summed E-state index contributed by atoms with van der Waals surface area (Å²) in [5.74, 6) is 2.78. The van der Waals surface area contributed by atoms with Crippen LogP contribution in [0.1, 0.15) is 43.0 Å². The molecule has 3 heterocycles. The van der Waals surface area contributed by atoms with Gasteiger partial charge >= 0.3 is 0 Å². The second-order valence-corrected chi connectivity index (χ2v) is 10.0. The zero-order valence-corrected chi connectivity index (χ0v) is 20.9. The van der Waals surface area contributed by atoms with Crippen LogP contribution >= 0.6 is 0 Å². The van der Waals surface area contributed by atoms with E-state index in [4.69, 9.17) is 15.7 Å². The second kappa shape index (κ2) is 9.36. The van der Waals surface area contributed by atoms with Crippen LogP contribution in [-0.2, 0) is 0 Å². The van der Waals surface area contributed by atoms with Gasteiger partial charge in [0.1, 0.15) is 22.9 Å². The molecule has 0 amide bonds. The average molecular weight is 477 g/mol. The summed E-state index contributed by atoms with van der Waals surface area (Å²) in [6.07, 6.45) is 8.52. The van der Waals surface area contributed by atoms with Crippen molar-refractivity contribution in [1.29, 1.82) is 0 Å². The Hall–Kier alpha value is -3.77. The summed E-state index contributed by atoms with van der Waals surface area (Å²) in [5, 5.41) is 4.49. The van der Waals surface area contributed by atoms with Crippen LogP contribution in [-0.4, -0.2) is 32.9 Å². The van der Waals surface area contributed by atoms with Crippen LogP contribution in [0.2, 0.25) is 0 Å². The van der Waals surface area contributed by atoms with Gasteiger partial charge in [-0.15, -0.1) is 0 Å². The molecule has 182 valence electrons. The number of fused-ring (bicyclic) bond motifs is 2. The van der Waals surface area contributed by atoms with Gasteiger partial charge in [0.2, 0.25) is 0 Å². The minimum Gasteiger partial charge on any atom is -0.382 e. The van der Waals surface area contributed by atoms with E-state index in [1.165, 1.54) is 18.4 Å². The van der Waals surface area contributed by atoms with E-state index in [2.05, 4.69) is 58.0 Å². The summed E-state index contributed by atoms with van der Waals surface area (Å²) in [6, 6.07) is 18.9. The lowest BCUT2D eigenvalue weighted by molar-refractivity contribution is 0.313. The highest BCUT2D eigenvalue weighted by Crippen LogP contribution is 2.39. The maximum Gasteiger partial charge on any atom is 0.150 e. The lowest BCUT2D eigenvalue weighted by Gasteiger charge is -2.27. The lowest BCUT2D eigenvalue weighted by atomic mass is 9.81. The van der Waals surface area contributed by atoms with Gasteiger partial charge < -0.3 is 11.1 Å². The zero-order valence-electron chi connectivity index (χ0n) is 20.9. The molecule has 3 aromatic heterocycles. The van der Waals surface area contributed by atoms with Crippen LogP contribution in [0.4, 0.5) is 5.82 Å². The molecule has 0 bridgehead atoms. The van der Waals surface area contributed by atoms with Crippen molar-refractivity contribution in [2.24, 2.45) is 5.92 Å². The largest absolute Gasteiger partial charge is 0.382 e. The van der Waals surface area contributed by atoms with Crippen LogP contribution in [0.25, 0.3) is 38.9 Å². The predicted octanol–water partition coefficient (Wildman–Crippen LogP) is 6.00. The third kappa shape index (κ3) is 4.01. The van der Waals surface area contributed by atoms with Crippen LogP contribution in [0.5, 0.6) is 0 Å². The van der Waals surface area contributed by atoms with Crippen LogP contribution in [0, 0.1) is 12.8 Å². The van der Waals surface area contributed by atoms with Gasteiger partial charge in [0.25, 0.3) is 0 Å². The number of hydrogen-bond acceptors (Lipinski definition) is 5. The van der Waals surface area contributed by atoms with Crippen molar-refractivity contribution in [3.05, 3.63) is 78.4 Å². The molecule has 0 atom stereocenters. The zero-order chi connectivity index (χ0) is 24.6. The molecule has 1 fully saturated rings. The second-order valence-electron chi connectivity index (χ2n) is 10.0. The van der Waals surface area contributed by atoms with E-state index in [0.29, 0.717) is 11.7 Å². The molecule has 0 aliphatic heterocycles. The summed E-state index contributed by atoms with van der Waals surface area (Å²) in [5.41, 5.74) is 13.5. The molecule has 1 aliphatic rings. The van der Waals surface area contributed by atoms with E-state index < -0.39 is 0 Å². The number of benzene rings is 2. The van der Waals surface area contributed by atoms with E-state index in [9.17, 15) is 0 Å². The van der Waals surface area contributed by atoms with Gasteiger partial charge in [-0.3, -0.25) is 4.40 Å². The van der Waals surface area contributed by atoms with Gasteiger partial charge in [-0.2, -0.15) is 0 Å². The van der Waals surface area contributed by atoms with Gasteiger partial charge in [-0.25, -0.2) is 15.0 Å². The number of rotatable bonds is 5. The Morgan fingerprint density at radius 3 is 2.56 bits per heavy atom. The Morgan fingerprint density at radius 2 is 1.78 bits per heavy atom. The number of imidazole rings is 1. The summed E-state index contributed by atoms with van der Waals surface area (Å²) < 4.78 is 2.17. The Balaban J connectivity index is 1.45. The quantitative estimate of drug-likeness (QED) is 0.325. The third-order valence-corrected chi connectivity index (χ3v) is 7.67. The first-order valence-electron chi connectivity index (χ1n) is 12.9. The number of nitrogens with zero attached hydrogens (tertiary/aromatic N) is 4. The SMILES string of the molecule is CNCC1CCC(c2nc(-c3ccc4c(C)cc(-c5ccccc5)nc4c3)c3c(N)nccn23)CC1. The molecule has 5 aromatic rings. The summed E-state index contributed by atoms with van der Waals surface area (Å²) in [7, 11) is 2.04. The summed E-state index contributed by atoms with van der Waals surface area (Å²) in [4.78, 5) is 14.7. The Bertz CT molecular complexity index is 1530. The molecular weight excluding hydrogens is 444 g/mol. The number of aromatic nitrogens is 4. The topological polar surface area (TPSA) is 81.1 Å². The average Bonchev–Trinajstić information content (AvgIpc) is 3.30. The number of nitrogens with one attached hydrogen (secondary N) is 1. The van der Waals surface area contributed by atoms with Crippen molar-refractivity contribution in [3.63, 3.8) is 0 Å². The van der Waals surface area contributed by atoms with Crippen LogP contribution in [0.3, 0.4) is 0 Å². The maximum atomic E-state index is 6.44. The number of aryl methyl sites for hydroxylation is 1. The highest BCUT2D eigenvalue weighted by Gasteiger charge is 2.27. The molecular formula is C30H32N6. The van der Waals surface area contributed by atoms with Crippen LogP contribution < -0.4 is 11.1 Å². The van der Waals surface area contributed by atoms with E-state index >= 15 is 0 Å². The molecule has 0 unspecified atom stereocenters. The molecule has 2 aromatic carbocycles. The van der Waals surface area contributed by atoms with Crippen molar-refractivity contribution in [2.75, 3.05) is 19.3 Å². The molecule has 1 aliphatic carbocycles. The molecule has 0 saturated heterocycles. The first-order chi connectivity index (χ1) is 17.6. The molecule has 6 heteroatoms. The molecule has 36 heavy (non-hydrogen) atoms. The van der Waals surface area contributed by atoms with Crippen LogP contribution in [0.15, 0.2) is 67.0 Å². The molecule has 0 radical (unpaired) electrons. The van der Waals surface area contributed by atoms with Gasteiger partial charge in [0.05, 0.1) is 11.2 Å². The molecule has 1 saturated carbocycles. The van der Waals surface area contributed by atoms with E-state index in [-0.39, 0.29) is 0 Å². The highest BCUT2D eigenvalue weighted by molar-refractivity contribution is 5.92. The van der Waals surface area contributed by atoms with Crippen molar-refractivity contribution < 1.29 is 0 Å². The first kappa shape index (κ1) is 22.7. The number of nitrogen functional groups attached to an aromatic ring is 1. The Labute approximate surface area is 211 Å². The van der Waals surface area contributed by atoms with Gasteiger partial charge in [-0.05, 0) is 69.8 Å².